The molecule has 2 heteroatoms. The third-order valence-electron chi connectivity index (χ3n) is 14.4. The third-order valence-corrected chi connectivity index (χ3v) is 14.4. The standard InChI is InChI=1S/C57H46N2/c1-55(2)46-17-9-7-14-40(46)42-29-27-38(33-50(42)55)58(39-28-30-43-41-15-8-10-18-47(41)56(3,4)51(43)34-39)37-25-22-35(23-26-37)36-24-31-52-45(32-36)44-16-13-20-49-54(44)59(52)53-21-12-11-19-48(53)57(49,5)6/h7-34H,1-6H3. The molecule has 0 spiro atoms. The molecule has 8 aromatic carbocycles. The second kappa shape index (κ2) is 11.7. The maximum atomic E-state index is 2.50. The van der Waals surface area contributed by atoms with Crippen molar-refractivity contribution in [1.82, 2.24) is 4.57 Å². The molecule has 9 aromatic rings. The van der Waals surface area contributed by atoms with Gasteiger partial charge in [-0.3, -0.25) is 0 Å². The average Bonchev–Trinajstić information content (AvgIpc) is 3.80. The number of benzene rings is 8. The summed E-state index contributed by atoms with van der Waals surface area (Å²) < 4.78 is 2.50. The number of fused-ring (bicyclic) bond motifs is 11. The lowest BCUT2D eigenvalue weighted by Gasteiger charge is -2.34. The zero-order valence-electron chi connectivity index (χ0n) is 34.6. The molecule has 0 saturated heterocycles. The van der Waals surface area contributed by atoms with Crippen LogP contribution in [0.5, 0.6) is 0 Å². The quantitative estimate of drug-likeness (QED) is 0.174. The van der Waals surface area contributed by atoms with Crippen LogP contribution in [0.4, 0.5) is 17.1 Å². The third kappa shape index (κ3) is 4.58. The topological polar surface area (TPSA) is 8.17 Å². The van der Waals surface area contributed by atoms with Gasteiger partial charge in [-0.25, -0.2) is 0 Å². The summed E-state index contributed by atoms with van der Waals surface area (Å²) in [6.07, 6.45) is 0. The van der Waals surface area contributed by atoms with Crippen LogP contribution in [-0.4, -0.2) is 4.57 Å². The van der Waals surface area contributed by atoms with Crippen LogP contribution in [0, 0.1) is 0 Å². The van der Waals surface area contributed by atoms with E-state index in [1.54, 1.807) is 0 Å². The Kier molecular flexibility index (Phi) is 6.84. The number of nitrogens with zero attached hydrogens (tertiary/aromatic N) is 2. The van der Waals surface area contributed by atoms with Crippen LogP contribution in [0.2, 0.25) is 0 Å². The number of aromatic nitrogens is 1. The molecule has 284 valence electrons. The average molecular weight is 759 g/mol. The lowest BCUT2D eigenvalue weighted by atomic mass is 9.75. The minimum absolute atomic E-state index is 0.0812. The van der Waals surface area contributed by atoms with Gasteiger partial charge in [0.05, 0.1) is 16.7 Å². The van der Waals surface area contributed by atoms with E-state index in [0.717, 1.165) is 5.69 Å². The summed E-state index contributed by atoms with van der Waals surface area (Å²) in [5, 5.41) is 2.61. The van der Waals surface area contributed by atoms with Gasteiger partial charge in [-0.2, -0.15) is 0 Å². The van der Waals surface area contributed by atoms with Gasteiger partial charge >= 0.3 is 0 Å². The molecule has 0 unspecified atom stereocenters. The maximum absolute atomic E-state index is 2.50. The Balaban J connectivity index is 0.997. The number of anilines is 3. The second-order valence-electron chi connectivity index (χ2n) is 18.6. The van der Waals surface area contributed by atoms with E-state index in [2.05, 4.69) is 221 Å². The molecule has 2 heterocycles. The summed E-state index contributed by atoms with van der Waals surface area (Å²) in [6, 6.07) is 64.2. The Morgan fingerprint density at radius 1 is 0.356 bits per heavy atom. The van der Waals surface area contributed by atoms with Crippen LogP contribution in [0.1, 0.15) is 74.9 Å². The van der Waals surface area contributed by atoms with Crippen molar-refractivity contribution in [3.8, 4) is 39.1 Å². The van der Waals surface area contributed by atoms with Gasteiger partial charge in [-0.1, -0.05) is 157 Å². The van der Waals surface area contributed by atoms with E-state index in [-0.39, 0.29) is 16.2 Å². The van der Waals surface area contributed by atoms with E-state index in [9.17, 15) is 0 Å². The predicted octanol–water partition coefficient (Wildman–Crippen LogP) is 15.2. The minimum atomic E-state index is -0.0983. The molecular formula is C57H46N2. The SMILES string of the molecule is CC1(C)c2ccccc2-c2ccc(N(c3ccc(-c4ccc5c(c4)c4cccc6c4n5-c4ccccc4C6(C)C)cc3)c3ccc4c(c3)C(C)(C)c3ccccc3-4)cc21. The molecule has 1 aliphatic heterocycles. The highest BCUT2D eigenvalue weighted by Gasteiger charge is 2.38. The van der Waals surface area contributed by atoms with Crippen LogP contribution in [0.3, 0.4) is 0 Å². The fourth-order valence-electron chi connectivity index (χ4n) is 11.3. The Morgan fingerprint density at radius 3 is 1.47 bits per heavy atom. The van der Waals surface area contributed by atoms with Gasteiger partial charge in [-0.15, -0.1) is 0 Å². The van der Waals surface area contributed by atoms with Gasteiger partial charge in [-0.05, 0) is 121 Å². The fraction of sp³-hybridized carbons (Fsp3) is 0.158. The zero-order chi connectivity index (χ0) is 40.0. The van der Waals surface area contributed by atoms with Crippen LogP contribution in [0.25, 0.3) is 60.9 Å². The molecule has 0 N–H and O–H groups in total. The van der Waals surface area contributed by atoms with Crippen LogP contribution in [-0.2, 0) is 16.2 Å². The first-order valence-corrected chi connectivity index (χ1v) is 21.1. The summed E-state index contributed by atoms with van der Waals surface area (Å²) in [4.78, 5) is 2.47. The molecule has 1 aromatic heterocycles. The minimum Gasteiger partial charge on any atom is -0.310 e. The van der Waals surface area contributed by atoms with E-state index in [0.29, 0.717) is 0 Å². The van der Waals surface area contributed by atoms with Crippen molar-refractivity contribution in [2.45, 2.75) is 57.8 Å². The second-order valence-corrected chi connectivity index (χ2v) is 18.6. The molecule has 2 aliphatic carbocycles. The van der Waals surface area contributed by atoms with E-state index in [1.165, 1.54) is 106 Å². The van der Waals surface area contributed by atoms with Crippen molar-refractivity contribution in [1.29, 1.82) is 0 Å². The first-order chi connectivity index (χ1) is 28.5. The molecule has 0 amide bonds. The van der Waals surface area contributed by atoms with E-state index in [4.69, 9.17) is 0 Å². The molecule has 0 bridgehead atoms. The van der Waals surface area contributed by atoms with Crippen molar-refractivity contribution >= 4 is 38.9 Å². The smallest absolute Gasteiger partial charge is 0.0582 e. The highest BCUT2D eigenvalue weighted by Crippen LogP contribution is 2.54. The zero-order valence-corrected chi connectivity index (χ0v) is 34.6. The molecule has 3 aliphatic rings. The lowest BCUT2D eigenvalue weighted by molar-refractivity contribution is 0.630. The number of hydrogen-bond donors (Lipinski definition) is 0. The summed E-state index contributed by atoms with van der Waals surface area (Å²) in [7, 11) is 0. The molecule has 12 rings (SSSR count). The predicted molar refractivity (Wildman–Crippen MR) is 248 cm³/mol. The Labute approximate surface area is 347 Å². The van der Waals surface area contributed by atoms with E-state index in [1.807, 2.05) is 0 Å². The monoisotopic (exact) mass is 758 g/mol. The van der Waals surface area contributed by atoms with Gasteiger partial charge in [0, 0.05) is 44.1 Å². The molecule has 0 fully saturated rings. The largest absolute Gasteiger partial charge is 0.310 e. The number of rotatable bonds is 4. The molecule has 59 heavy (non-hydrogen) atoms. The highest BCUT2D eigenvalue weighted by molar-refractivity contribution is 6.12. The van der Waals surface area contributed by atoms with Gasteiger partial charge < -0.3 is 9.47 Å². The molecule has 2 nitrogen and oxygen atoms in total. The summed E-state index contributed by atoms with van der Waals surface area (Å²) in [5.74, 6) is 0. The first kappa shape index (κ1) is 34.4. The summed E-state index contributed by atoms with van der Waals surface area (Å²) in [6.45, 7) is 14.2. The molecule has 0 radical (unpaired) electrons. The van der Waals surface area contributed by atoms with E-state index >= 15 is 0 Å². The van der Waals surface area contributed by atoms with Gasteiger partial charge in [0.2, 0.25) is 0 Å². The van der Waals surface area contributed by atoms with Gasteiger partial charge in [0.1, 0.15) is 0 Å². The van der Waals surface area contributed by atoms with Crippen LogP contribution < -0.4 is 4.90 Å². The van der Waals surface area contributed by atoms with E-state index < -0.39 is 0 Å². The molecular weight excluding hydrogens is 713 g/mol. The molecule has 0 saturated carbocycles. The normalized spacial score (nSPS) is 15.7. The van der Waals surface area contributed by atoms with Crippen LogP contribution >= 0.6 is 0 Å². The fourth-order valence-corrected chi connectivity index (χ4v) is 11.3. The summed E-state index contributed by atoms with van der Waals surface area (Å²) in [5.41, 5.74) is 23.1. The highest BCUT2D eigenvalue weighted by atomic mass is 15.1. The summed E-state index contributed by atoms with van der Waals surface area (Å²) >= 11 is 0. The van der Waals surface area contributed by atoms with Crippen molar-refractivity contribution in [3.05, 3.63) is 203 Å². The van der Waals surface area contributed by atoms with Crippen molar-refractivity contribution in [2.24, 2.45) is 0 Å². The Bertz CT molecular complexity index is 3140. The lowest BCUT2D eigenvalue weighted by Crippen LogP contribution is -2.26. The van der Waals surface area contributed by atoms with Crippen molar-refractivity contribution in [3.63, 3.8) is 0 Å². The number of hydrogen-bond acceptors (Lipinski definition) is 1. The first-order valence-electron chi connectivity index (χ1n) is 21.1. The van der Waals surface area contributed by atoms with Crippen molar-refractivity contribution in [2.75, 3.05) is 4.90 Å². The van der Waals surface area contributed by atoms with Gasteiger partial charge in [0.25, 0.3) is 0 Å². The number of para-hydroxylation sites is 2. The Morgan fingerprint density at radius 2 is 0.847 bits per heavy atom. The Hall–Kier alpha value is -6.64. The maximum Gasteiger partial charge on any atom is 0.0582 e. The van der Waals surface area contributed by atoms with Crippen molar-refractivity contribution < 1.29 is 0 Å². The van der Waals surface area contributed by atoms with Gasteiger partial charge in [0.15, 0.2) is 0 Å². The van der Waals surface area contributed by atoms with Crippen LogP contribution in [0.15, 0.2) is 170 Å². The molecule has 0 atom stereocenters.